The van der Waals surface area contributed by atoms with E-state index in [2.05, 4.69) is 20.7 Å². The summed E-state index contributed by atoms with van der Waals surface area (Å²) in [6, 6.07) is 9.96. The predicted octanol–water partition coefficient (Wildman–Crippen LogP) is 2.82. The lowest BCUT2D eigenvalue weighted by Gasteiger charge is -2.10. The quantitative estimate of drug-likeness (QED) is 0.682. The number of nitrogens with zero attached hydrogens (tertiary/aromatic N) is 5. The number of benzene rings is 1. The Bertz CT molecular complexity index is 1100. The smallest absolute Gasteiger partial charge is 0.264 e. The monoisotopic (exact) mass is 406 g/mol. The second-order valence-corrected chi connectivity index (χ2v) is 7.43. The van der Waals surface area contributed by atoms with E-state index < -0.39 is 6.10 Å². The van der Waals surface area contributed by atoms with Crippen molar-refractivity contribution in [3.63, 3.8) is 0 Å². The van der Waals surface area contributed by atoms with Gasteiger partial charge in [-0.2, -0.15) is 10.2 Å². The molecule has 8 nitrogen and oxygen atoms in total. The summed E-state index contributed by atoms with van der Waals surface area (Å²) in [7, 11) is 0. The molecule has 0 fully saturated rings. The zero-order chi connectivity index (χ0) is 21.3. The van der Waals surface area contributed by atoms with Crippen LogP contribution in [0.4, 0.5) is 0 Å². The lowest BCUT2D eigenvalue weighted by molar-refractivity contribution is -0.131. The van der Waals surface area contributed by atoms with Crippen molar-refractivity contribution in [3.05, 3.63) is 64.7 Å². The van der Waals surface area contributed by atoms with Crippen LogP contribution >= 0.6 is 0 Å². The average Bonchev–Trinajstić information content (AvgIpc) is 3.45. The molecule has 1 aliphatic heterocycles. The van der Waals surface area contributed by atoms with Gasteiger partial charge in [-0.15, -0.1) is 0 Å². The van der Waals surface area contributed by atoms with E-state index in [0.29, 0.717) is 13.0 Å². The first kappa shape index (κ1) is 19.9. The Morgan fingerprint density at radius 1 is 1.17 bits per heavy atom. The Balaban J connectivity index is 1.40. The maximum Gasteiger partial charge on any atom is 0.264 e. The zero-order valence-electron chi connectivity index (χ0n) is 17.7. The minimum absolute atomic E-state index is 0.180. The Hall–Kier alpha value is -3.42. The molecule has 1 unspecified atom stereocenters. The van der Waals surface area contributed by atoms with Crippen LogP contribution in [0.2, 0.25) is 0 Å². The van der Waals surface area contributed by atoms with Crippen LogP contribution in [0, 0.1) is 20.8 Å². The summed E-state index contributed by atoms with van der Waals surface area (Å²) in [5.74, 6) is -0.180. The molecule has 0 radical (unpaired) electrons. The lowest BCUT2D eigenvalue weighted by Crippen LogP contribution is -2.34. The number of carbonyl (C=O) groups excluding carboxylic acids is 1. The van der Waals surface area contributed by atoms with E-state index in [1.807, 2.05) is 73.6 Å². The van der Waals surface area contributed by atoms with Crippen molar-refractivity contribution in [2.24, 2.45) is 5.16 Å². The highest BCUT2D eigenvalue weighted by molar-refractivity contribution is 6.04. The van der Waals surface area contributed by atoms with Gasteiger partial charge in [0.15, 0.2) is 0 Å². The zero-order valence-corrected chi connectivity index (χ0v) is 17.7. The summed E-state index contributed by atoms with van der Waals surface area (Å²) in [5, 5.41) is 16.2. The molecule has 30 heavy (non-hydrogen) atoms. The van der Waals surface area contributed by atoms with Gasteiger partial charge in [-0.05, 0) is 39.8 Å². The Morgan fingerprint density at radius 3 is 2.63 bits per heavy atom. The second kappa shape index (κ2) is 8.14. The molecule has 4 rings (SSSR count). The number of amides is 1. The molecular formula is C22H26N6O2. The van der Waals surface area contributed by atoms with E-state index in [9.17, 15) is 4.79 Å². The fraction of sp³-hybridized carbons (Fsp3) is 0.364. The molecule has 1 atom stereocenters. The van der Waals surface area contributed by atoms with Crippen LogP contribution in [0.15, 0.2) is 41.7 Å². The lowest BCUT2D eigenvalue weighted by atomic mass is 10.1. The van der Waals surface area contributed by atoms with E-state index in [1.54, 1.807) is 0 Å². The van der Waals surface area contributed by atoms with Crippen LogP contribution in [0.1, 0.15) is 41.6 Å². The topological polar surface area (TPSA) is 86.3 Å². The molecule has 3 heterocycles. The number of aromatic nitrogens is 4. The number of aryl methyl sites for hydroxylation is 3. The highest BCUT2D eigenvalue weighted by Gasteiger charge is 2.30. The first-order chi connectivity index (χ1) is 14.5. The third-order valence-corrected chi connectivity index (χ3v) is 5.42. The van der Waals surface area contributed by atoms with Crippen molar-refractivity contribution in [3.8, 4) is 5.69 Å². The van der Waals surface area contributed by atoms with E-state index in [0.717, 1.165) is 46.2 Å². The minimum Gasteiger partial charge on any atom is -0.382 e. The van der Waals surface area contributed by atoms with Crippen LogP contribution in [0.5, 0.6) is 0 Å². The number of rotatable bonds is 6. The molecule has 156 valence electrons. The highest BCUT2D eigenvalue weighted by atomic mass is 16.6. The standard InChI is InChI=1S/C22H26N6O2/c1-5-27-13-19(15(3)24-27)20-11-21(30-26-20)22(29)23-12-18-14(2)25-28(16(18)4)17-9-7-6-8-10-17/h6-10,13,21H,5,11-12H2,1-4H3,(H,23,29). The summed E-state index contributed by atoms with van der Waals surface area (Å²) >= 11 is 0. The molecule has 0 aliphatic carbocycles. The van der Waals surface area contributed by atoms with Crippen LogP contribution < -0.4 is 5.32 Å². The van der Waals surface area contributed by atoms with E-state index in [-0.39, 0.29) is 5.91 Å². The number of nitrogens with one attached hydrogen (secondary N) is 1. The molecule has 8 heteroatoms. The van der Waals surface area contributed by atoms with Crippen molar-refractivity contribution >= 4 is 11.6 Å². The minimum atomic E-state index is -0.630. The number of para-hydroxylation sites is 1. The molecule has 0 bridgehead atoms. The van der Waals surface area contributed by atoms with Gasteiger partial charge in [-0.1, -0.05) is 23.4 Å². The van der Waals surface area contributed by atoms with Gasteiger partial charge in [0.25, 0.3) is 5.91 Å². The Kier molecular flexibility index (Phi) is 5.39. The molecule has 0 spiro atoms. The van der Waals surface area contributed by atoms with E-state index in [4.69, 9.17) is 4.84 Å². The Morgan fingerprint density at radius 2 is 1.93 bits per heavy atom. The largest absolute Gasteiger partial charge is 0.382 e. The summed E-state index contributed by atoms with van der Waals surface area (Å²) in [6.07, 6.45) is 1.75. The first-order valence-electron chi connectivity index (χ1n) is 10.1. The number of carbonyl (C=O) groups is 1. The second-order valence-electron chi connectivity index (χ2n) is 7.43. The number of hydrogen-bond donors (Lipinski definition) is 1. The van der Waals surface area contributed by atoms with Gasteiger partial charge in [0, 0.05) is 42.5 Å². The molecule has 1 aromatic carbocycles. The van der Waals surface area contributed by atoms with Gasteiger partial charge in [0.05, 0.1) is 22.8 Å². The van der Waals surface area contributed by atoms with Gasteiger partial charge in [-0.3, -0.25) is 9.48 Å². The van der Waals surface area contributed by atoms with Gasteiger partial charge >= 0.3 is 0 Å². The van der Waals surface area contributed by atoms with Crippen LogP contribution in [0.25, 0.3) is 5.69 Å². The first-order valence-corrected chi connectivity index (χ1v) is 10.1. The molecule has 1 N–H and O–H groups in total. The van der Waals surface area contributed by atoms with Gasteiger partial charge < -0.3 is 10.2 Å². The number of oxime groups is 1. The molecule has 1 aliphatic rings. The molecule has 2 aromatic heterocycles. The molecule has 1 amide bonds. The summed E-state index contributed by atoms with van der Waals surface area (Å²) < 4.78 is 3.76. The van der Waals surface area contributed by atoms with Crippen LogP contribution in [0.3, 0.4) is 0 Å². The SMILES string of the molecule is CCn1cc(C2=NOC(C(=O)NCc3c(C)nn(-c4ccccc4)c3C)C2)c(C)n1. The highest BCUT2D eigenvalue weighted by Crippen LogP contribution is 2.20. The van der Waals surface area contributed by atoms with E-state index >= 15 is 0 Å². The van der Waals surface area contributed by atoms with Crippen LogP contribution in [-0.2, 0) is 22.7 Å². The van der Waals surface area contributed by atoms with Crippen molar-refractivity contribution in [2.75, 3.05) is 0 Å². The predicted molar refractivity (Wildman–Crippen MR) is 114 cm³/mol. The van der Waals surface area contributed by atoms with Gasteiger partial charge in [0.1, 0.15) is 0 Å². The molecular weight excluding hydrogens is 380 g/mol. The average molecular weight is 406 g/mol. The van der Waals surface area contributed by atoms with Crippen molar-refractivity contribution in [1.82, 2.24) is 24.9 Å². The van der Waals surface area contributed by atoms with E-state index in [1.165, 1.54) is 0 Å². The fourth-order valence-corrected chi connectivity index (χ4v) is 3.68. The summed E-state index contributed by atoms with van der Waals surface area (Å²) in [5.41, 5.74) is 6.48. The molecule has 3 aromatic rings. The summed E-state index contributed by atoms with van der Waals surface area (Å²) in [4.78, 5) is 18.1. The number of hydrogen-bond acceptors (Lipinski definition) is 5. The third-order valence-electron chi connectivity index (χ3n) is 5.42. The van der Waals surface area contributed by atoms with Crippen molar-refractivity contribution in [2.45, 2.75) is 53.3 Å². The van der Waals surface area contributed by atoms with Crippen LogP contribution in [-0.4, -0.2) is 37.3 Å². The summed E-state index contributed by atoms with van der Waals surface area (Å²) in [6.45, 7) is 9.11. The van der Waals surface area contributed by atoms with Gasteiger partial charge in [0.2, 0.25) is 6.10 Å². The maximum absolute atomic E-state index is 12.7. The van der Waals surface area contributed by atoms with Crippen molar-refractivity contribution < 1.29 is 9.63 Å². The third kappa shape index (κ3) is 3.72. The molecule has 0 saturated carbocycles. The Labute approximate surface area is 175 Å². The van der Waals surface area contributed by atoms with Gasteiger partial charge in [-0.25, -0.2) is 4.68 Å². The van der Waals surface area contributed by atoms with Crippen molar-refractivity contribution in [1.29, 1.82) is 0 Å². The fourth-order valence-electron chi connectivity index (χ4n) is 3.68. The normalized spacial score (nSPS) is 15.7. The maximum atomic E-state index is 12.7. The molecule has 0 saturated heterocycles.